The molecule has 0 saturated carbocycles. The molecule has 2 heterocycles. The molecular weight excluding hydrogens is 288 g/mol. The SMILES string of the molecule is NNc1ccc(Cl)c(C(=O)NC2CCS(=O)CC2)n1. The number of halogens is 1. The van der Waals surface area contributed by atoms with Gasteiger partial charge in [0.25, 0.3) is 5.91 Å². The Balaban J connectivity index is 2.05. The van der Waals surface area contributed by atoms with Crippen molar-refractivity contribution < 1.29 is 9.00 Å². The summed E-state index contributed by atoms with van der Waals surface area (Å²) in [5.41, 5.74) is 2.51. The van der Waals surface area contributed by atoms with E-state index in [0.717, 1.165) is 0 Å². The number of carbonyl (C=O) groups is 1. The smallest absolute Gasteiger partial charge is 0.271 e. The first-order chi connectivity index (χ1) is 9.10. The fraction of sp³-hybridized carbons (Fsp3) is 0.455. The van der Waals surface area contributed by atoms with Crippen molar-refractivity contribution in [1.82, 2.24) is 10.3 Å². The van der Waals surface area contributed by atoms with E-state index in [1.807, 2.05) is 0 Å². The third-order valence-electron chi connectivity index (χ3n) is 2.93. The van der Waals surface area contributed by atoms with Crippen molar-refractivity contribution in [2.45, 2.75) is 18.9 Å². The second-order valence-electron chi connectivity index (χ2n) is 4.27. The Labute approximate surface area is 118 Å². The van der Waals surface area contributed by atoms with Crippen LogP contribution >= 0.6 is 11.6 Å². The Kier molecular flexibility index (Phi) is 4.73. The number of anilines is 1. The molecule has 1 aromatic rings. The lowest BCUT2D eigenvalue weighted by molar-refractivity contribution is 0.0930. The zero-order chi connectivity index (χ0) is 13.8. The molecule has 1 saturated heterocycles. The van der Waals surface area contributed by atoms with Crippen molar-refractivity contribution in [2.75, 3.05) is 16.9 Å². The summed E-state index contributed by atoms with van der Waals surface area (Å²) in [7, 11) is -0.749. The van der Waals surface area contributed by atoms with Crippen LogP contribution in [0.1, 0.15) is 23.3 Å². The van der Waals surface area contributed by atoms with Crippen LogP contribution in [0.15, 0.2) is 12.1 Å². The number of nitrogen functional groups attached to an aromatic ring is 1. The molecule has 104 valence electrons. The van der Waals surface area contributed by atoms with E-state index in [-0.39, 0.29) is 22.7 Å². The quantitative estimate of drug-likeness (QED) is 0.563. The highest BCUT2D eigenvalue weighted by Crippen LogP contribution is 2.17. The number of pyridine rings is 1. The molecule has 1 amide bonds. The Bertz CT molecular complexity index is 501. The summed E-state index contributed by atoms with van der Waals surface area (Å²) in [6.45, 7) is 0. The maximum Gasteiger partial charge on any atom is 0.271 e. The van der Waals surface area contributed by atoms with Gasteiger partial charge in [-0.1, -0.05) is 11.6 Å². The molecule has 1 aromatic heterocycles. The third-order valence-corrected chi connectivity index (χ3v) is 4.62. The second kappa shape index (κ2) is 6.31. The van der Waals surface area contributed by atoms with Crippen LogP contribution in [0.3, 0.4) is 0 Å². The first-order valence-electron chi connectivity index (χ1n) is 5.89. The molecule has 0 radical (unpaired) electrons. The molecule has 1 aliphatic rings. The summed E-state index contributed by atoms with van der Waals surface area (Å²) in [6.07, 6.45) is 1.43. The molecule has 0 bridgehead atoms. The number of amides is 1. The lowest BCUT2D eigenvalue weighted by Gasteiger charge is -2.22. The van der Waals surface area contributed by atoms with E-state index in [9.17, 15) is 9.00 Å². The number of carbonyl (C=O) groups excluding carboxylic acids is 1. The van der Waals surface area contributed by atoms with Gasteiger partial charge in [-0.05, 0) is 25.0 Å². The van der Waals surface area contributed by atoms with Crippen LogP contribution in [0.2, 0.25) is 5.02 Å². The normalized spacial score (nSPS) is 22.8. The minimum atomic E-state index is -0.749. The zero-order valence-electron chi connectivity index (χ0n) is 10.2. The first kappa shape index (κ1) is 14.2. The van der Waals surface area contributed by atoms with Gasteiger partial charge >= 0.3 is 0 Å². The fourth-order valence-electron chi connectivity index (χ4n) is 1.87. The minimum absolute atomic E-state index is 0.0255. The standard InChI is InChI=1S/C11H15ClN4O2S/c12-8-1-2-9(16-13)15-10(8)11(17)14-7-3-5-19(18)6-4-7/h1-2,7H,3-6,13H2,(H,14,17)(H,15,16). The van der Waals surface area contributed by atoms with Crippen molar-refractivity contribution >= 4 is 34.1 Å². The second-order valence-corrected chi connectivity index (χ2v) is 6.37. The fourth-order valence-corrected chi connectivity index (χ4v) is 3.36. The van der Waals surface area contributed by atoms with Gasteiger partial charge in [0.2, 0.25) is 0 Å². The lowest BCUT2D eigenvalue weighted by Crippen LogP contribution is -2.40. The molecule has 1 aliphatic heterocycles. The maximum atomic E-state index is 12.1. The van der Waals surface area contributed by atoms with E-state index < -0.39 is 10.8 Å². The van der Waals surface area contributed by atoms with E-state index in [0.29, 0.717) is 30.2 Å². The highest BCUT2D eigenvalue weighted by atomic mass is 35.5. The van der Waals surface area contributed by atoms with Gasteiger partial charge in [0.1, 0.15) is 11.5 Å². The molecule has 0 spiro atoms. The van der Waals surface area contributed by atoms with E-state index in [1.165, 1.54) is 0 Å². The largest absolute Gasteiger partial charge is 0.348 e. The van der Waals surface area contributed by atoms with Crippen molar-refractivity contribution in [2.24, 2.45) is 5.84 Å². The van der Waals surface area contributed by atoms with Crippen LogP contribution in [0.25, 0.3) is 0 Å². The van der Waals surface area contributed by atoms with Gasteiger partial charge in [0, 0.05) is 28.3 Å². The van der Waals surface area contributed by atoms with Gasteiger partial charge in [0.05, 0.1) is 5.02 Å². The Morgan fingerprint density at radius 1 is 1.42 bits per heavy atom. The van der Waals surface area contributed by atoms with Crippen LogP contribution in [0.5, 0.6) is 0 Å². The van der Waals surface area contributed by atoms with Gasteiger partial charge in [-0.15, -0.1) is 0 Å². The van der Waals surface area contributed by atoms with E-state index in [1.54, 1.807) is 12.1 Å². The first-order valence-corrected chi connectivity index (χ1v) is 7.75. The monoisotopic (exact) mass is 302 g/mol. The molecule has 4 N–H and O–H groups in total. The van der Waals surface area contributed by atoms with Gasteiger partial charge in [-0.25, -0.2) is 10.8 Å². The predicted octanol–water partition coefficient (Wildman–Crippen LogP) is 0.661. The topological polar surface area (TPSA) is 97.1 Å². The summed E-state index contributed by atoms with van der Waals surface area (Å²) in [6, 6.07) is 3.18. The number of nitrogens with one attached hydrogen (secondary N) is 2. The van der Waals surface area contributed by atoms with Gasteiger partial charge < -0.3 is 10.7 Å². The minimum Gasteiger partial charge on any atom is -0.348 e. The summed E-state index contributed by atoms with van der Waals surface area (Å²) < 4.78 is 11.2. The zero-order valence-corrected chi connectivity index (χ0v) is 11.8. The van der Waals surface area contributed by atoms with Crippen LogP contribution in [0, 0.1) is 0 Å². The lowest BCUT2D eigenvalue weighted by atomic mass is 10.1. The van der Waals surface area contributed by atoms with Crippen molar-refractivity contribution in [3.05, 3.63) is 22.8 Å². The van der Waals surface area contributed by atoms with E-state index >= 15 is 0 Å². The van der Waals surface area contributed by atoms with E-state index in [2.05, 4.69) is 15.7 Å². The van der Waals surface area contributed by atoms with Crippen molar-refractivity contribution in [1.29, 1.82) is 0 Å². The number of hydrogen-bond donors (Lipinski definition) is 3. The highest BCUT2D eigenvalue weighted by Gasteiger charge is 2.22. The Morgan fingerprint density at radius 3 is 2.74 bits per heavy atom. The van der Waals surface area contributed by atoms with Gasteiger partial charge in [0.15, 0.2) is 0 Å². The molecule has 0 unspecified atom stereocenters. The molecular formula is C11H15ClN4O2S. The number of aromatic nitrogens is 1. The molecule has 8 heteroatoms. The van der Waals surface area contributed by atoms with Gasteiger partial charge in [-0.2, -0.15) is 0 Å². The molecule has 0 aromatic carbocycles. The molecule has 2 rings (SSSR count). The highest BCUT2D eigenvalue weighted by molar-refractivity contribution is 7.85. The van der Waals surface area contributed by atoms with Crippen LogP contribution in [0.4, 0.5) is 5.82 Å². The van der Waals surface area contributed by atoms with Crippen molar-refractivity contribution in [3.8, 4) is 0 Å². The predicted molar refractivity (Wildman–Crippen MR) is 75.4 cm³/mol. The number of rotatable bonds is 3. The molecule has 0 aliphatic carbocycles. The Morgan fingerprint density at radius 2 is 2.11 bits per heavy atom. The van der Waals surface area contributed by atoms with Crippen LogP contribution < -0.4 is 16.6 Å². The summed E-state index contributed by atoms with van der Waals surface area (Å²) in [4.78, 5) is 16.1. The summed E-state index contributed by atoms with van der Waals surface area (Å²) >= 11 is 5.95. The summed E-state index contributed by atoms with van der Waals surface area (Å²) in [5.74, 6) is 6.53. The van der Waals surface area contributed by atoms with Gasteiger partial charge in [-0.3, -0.25) is 9.00 Å². The third kappa shape index (κ3) is 3.65. The van der Waals surface area contributed by atoms with Crippen LogP contribution in [-0.2, 0) is 10.8 Å². The Hall–Kier alpha value is -1.18. The number of hydrazine groups is 1. The molecule has 0 atom stereocenters. The van der Waals surface area contributed by atoms with Crippen molar-refractivity contribution in [3.63, 3.8) is 0 Å². The molecule has 6 nitrogen and oxygen atoms in total. The molecule has 19 heavy (non-hydrogen) atoms. The summed E-state index contributed by atoms with van der Waals surface area (Å²) in [5, 5.41) is 3.13. The average Bonchev–Trinajstić information content (AvgIpc) is 2.42. The van der Waals surface area contributed by atoms with Crippen LogP contribution in [-0.4, -0.2) is 32.6 Å². The average molecular weight is 303 g/mol. The number of hydrogen-bond acceptors (Lipinski definition) is 5. The number of nitrogens with zero attached hydrogens (tertiary/aromatic N) is 1. The molecule has 1 fully saturated rings. The van der Waals surface area contributed by atoms with E-state index in [4.69, 9.17) is 17.4 Å². The maximum absolute atomic E-state index is 12.1. The number of nitrogens with two attached hydrogens (primary N) is 1.